The molecule has 0 radical (unpaired) electrons. The zero-order chi connectivity index (χ0) is 17.1. The van der Waals surface area contributed by atoms with Crippen LogP contribution in [0.25, 0.3) is 0 Å². The van der Waals surface area contributed by atoms with Crippen LogP contribution in [0.1, 0.15) is 30.8 Å². The predicted molar refractivity (Wildman–Crippen MR) is 92.7 cm³/mol. The van der Waals surface area contributed by atoms with Crippen molar-refractivity contribution < 1.29 is 9.59 Å². The first-order chi connectivity index (χ1) is 11.5. The fraction of sp³-hybridized carbons (Fsp3) is 0.412. The Kier molecular flexibility index (Phi) is 4.89. The number of likely N-dealkylation sites (tertiary alicyclic amines) is 1. The first-order valence-electron chi connectivity index (χ1n) is 7.99. The third-order valence-corrected chi connectivity index (χ3v) is 4.89. The topological polar surface area (TPSA) is 75.2 Å². The first kappa shape index (κ1) is 16.6. The highest BCUT2D eigenvalue weighted by atomic mass is 32.1. The summed E-state index contributed by atoms with van der Waals surface area (Å²) in [4.78, 5) is 26.0. The lowest BCUT2D eigenvalue weighted by Crippen LogP contribution is -2.33. The van der Waals surface area contributed by atoms with Crippen molar-refractivity contribution in [3.05, 3.63) is 40.9 Å². The number of rotatable bonds is 5. The van der Waals surface area contributed by atoms with Crippen molar-refractivity contribution >= 4 is 28.3 Å². The number of nitrogens with zero attached hydrogens (tertiary/aromatic N) is 3. The molecule has 1 fully saturated rings. The van der Waals surface area contributed by atoms with Gasteiger partial charge in [0.15, 0.2) is 0 Å². The molecular formula is C17H20N4O2S. The third-order valence-electron chi connectivity index (χ3n) is 4.05. The number of hydrogen-bond acceptors (Lipinski definition) is 5. The van der Waals surface area contributed by atoms with Gasteiger partial charge in [-0.05, 0) is 19.4 Å². The molecule has 3 rings (SSSR count). The van der Waals surface area contributed by atoms with Crippen LogP contribution in [0.4, 0.5) is 5.13 Å². The Morgan fingerprint density at radius 3 is 2.75 bits per heavy atom. The molecule has 0 saturated carbocycles. The molecule has 24 heavy (non-hydrogen) atoms. The van der Waals surface area contributed by atoms with Crippen LogP contribution < -0.4 is 5.32 Å². The minimum absolute atomic E-state index is 0.0344. The van der Waals surface area contributed by atoms with Crippen molar-refractivity contribution in [1.29, 1.82) is 0 Å². The Bertz CT molecular complexity index is 729. The van der Waals surface area contributed by atoms with Gasteiger partial charge in [-0.3, -0.25) is 9.59 Å². The van der Waals surface area contributed by atoms with Gasteiger partial charge in [0, 0.05) is 25.4 Å². The Balaban J connectivity index is 1.59. The van der Waals surface area contributed by atoms with E-state index < -0.39 is 0 Å². The van der Waals surface area contributed by atoms with E-state index in [1.54, 1.807) is 4.90 Å². The van der Waals surface area contributed by atoms with Crippen LogP contribution in [-0.4, -0.2) is 39.5 Å². The predicted octanol–water partition coefficient (Wildman–Crippen LogP) is 2.32. The van der Waals surface area contributed by atoms with Gasteiger partial charge >= 0.3 is 0 Å². The maximum atomic E-state index is 12.3. The molecule has 1 saturated heterocycles. The maximum absolute atomic E-state index is 12.3. The molecule has 2 heterocycles. The van der Waals surface area contributed by atoms with E-state index in [9.17, 15) is 9.59 Å². The van der Waals surface area contributed by atoms with Crippen molar-refractivity contribution in [1.82, 2.24) is 15.1 Å². The van der Waals surface area contributed by atoms with E-state index in [-0.39, 0.29) is 30.2 Å². The first-order valence-corrected chi connectivity index (χ1v) is 8.81. The fourth-order valence-corrected chi connectivity index (χ4v) is 3.54. The second-order valence-electron chi connectivity index (χ2n) is 6.19. The van der Waals surface area contributed by atoms with Gasteiger partial charge in [0.2, 0.25) is 16.9 Å². The maximum Gasteiger partial charge on any atom is 0.231 e. The van der Waals surface area contributed by atoms with Gasteiger partial charge in [0.05, 0.1) is 5.92 Å². The number of hydrogen-bond donors (Lipinski definition) is 1. The number of amides is 2. The van der Waals surface area contributed by atoms with Crippen LogP contribution in [-0.2, 0) is 16.0 Å². The summed E-state index contributed by atoms with van der Waals surface area (Å²) in [5, 5.41) is 12.3. The van der Waals surface area contributed by atoms with Crippen molar-refractivity contribution in [2.45, 2.75) is 32.7 Å². The second kappa shape index (κ2) is 7.09. The summed E-state index contributed by atoms with van der Waals surface area (Å²) in [5.41, 5.74) is 1.15. The van der Waals surface area contributed by atoms with Crippen LogP contribution in [0, 0.1) is 5.92 Å². The van der Waals surface area contributed by atoms with E-state index in [1.807, 2.05) is 44.2 Å². The molecule has 126 valence electrons. The highest BCUT2D eigenvalue weighted by Gasteiger charge is 2.35. The molecule has 2 amide bonds. The Morgan fingerprint density at radius 1 is 1.33 bits per heavy atom. The van der Waals surface area contributed by atoms with Gasteiger partial charge in [-0.25, -0.2) is 0 Å². The van der Waals surface area contributed by atoms with Crippen LogP contribution >= 0.6 is 11.3 Å². The van der Waals surface area contributed by atoms with E-state index in [0.717, 1.165) is 10.6 Å². The number of aromatic nitrogens is 2. The monoisotopic (exact) mass is 344 g/mol. The van der Waals surface area contributed by atoms with Gasteiger partial charge in [0.25, 0.3) is 0 Å². The fourth-order valence-electron chi connectivity index (χ4n) is 2.76. The summed E-state index contributed by atoms with van der Waals surface area (Å²) in [6, 6.07) is 10.1. The molecule has 0 bridgehead atoms. The smallest absolute Gasteiger partial charge is 0.231 e. The zero-order valence-electron chi connectivity index (χ0n) is 13.7. The zero-order valence-corrected chi connectivity index (χ0v) is 14.5. The normalized spacial score (nSPS) is 17.5. The average Bonchev–Trinajstić information content (AvgIpc) is 3.15. The van der Waals surface area contributed by atoms with Crippen molar-refractivity contribution in [2.75, 3.05) is 11.9 Å². The van der Waals surface area contributed by atoms with E-state index in [2.05, 4.69) is 15.5 Å². The summed E-state index contributed by atoms with van der Waals surface area (Å²) >= 11 is 1.37. The standard InChI is InChI=1S/C17H20N4O2S/c1-11(2)21-10-13(9-15(21)22)16(23)18-17-20-19-14(24-17)8-12-6-4-3-5-7-12/h3-7,11,13H,8-10H2,1-2H3,(H,18,20,23)/t13-/m1/s1. The quantitative estimate of drug-likeness (QED) is 0.903. The molecule has 7 heteroatoms. The summed E-state index contributed by atoms with van der Waals surface area (Å²) in [5.74, 6) is -0.442. The molecule has 1 atom stereocenters. The van der Waals surface area contributed by atoms with Gasteiger partial charge in [-0.15, -0.1) is 10.2 Å². The van der Waals surface area contributed by atoms with Gasteiger partial charge in [-0.1, -0.05) is 41.7 Å². The number of carbonyl (C=O) groups excluding carboxylic acids is 2. The van der Waals surface area contributed by atoms with Crippen molar-refractivity contribution in [3.8, 4) is 0 Å². The molecule has 2 aromatic rings. The number of benzene rings is 1. The largest absolute Gasteiger partial charge is 0.339 e. The molecule has 1 aromatic carbocycles. The second-order valence-corrected chi connectivity index (χ2v) is 7.26. The Hall–Kier alpha value is -2.28. The Labute approximate surface area is 144 Å². The minimum Gasteiger partial charge on any atom is -0.339 e. The van der Waals surface area contributed by atoms with Crippen molar-refractivity contribution in [2.24, 2.45) is 5.92 Å². The van der Waals surface area contributed by atoms with Crippen LogP contribution in [0.5, 0.6) is 0 Å². The third kappa shape index (κ3) is 3.79. The van der Waals surface area contributed by atoms with Crippen LogP contribution in [0.15, 0.2) is 30.3 Å². The lowest BCUT2D eigenvalue weighted by molar-refractivity contribution is -0.129. The number of nitrogens with one attached hydrogen (secondary N) is 1. The van der Waals surface area contributed by atoms with E-state index in [4.69, 9.17) is 0 Å². The van der Waals surface area contributed by atoms with Gasteiger partial charge < -0.3 is 10.2 Å². The average molecular weight is 344 g/mol. The van der Waals surface area contributed by atoms with Gasteiger partial charge in [0.1, 0.15) is 5.01 Å². The molecule has 6 nitrogen and oxygen atoms in total. The molecule has 0 unspecified atom stereocenters. The number of anilines is 1. The van der Waals surface area contributed by atoms with E-state index in [0.29, 0.717) is 18.1 Å². The van der Waals surface area contributed by atoms with E-state index in [1.165, 1.54) is 11.3 Å². The van der Waals surface area contributed by atoms with Crippen molar-refractivity contribution in [3.63, 3.8) is 0 Å². The molecular weight excluding hydrogens is 324 g/mol. The number of carbonyl (C=O) groups is 2. The Morgan fingerprint density at radius 2 is 2.08 bits per heavy atom. The molecule has 1 aromatic heterocycles. The lowest BCUT2D eigenvalue weighted by Gasteiger charge is -2.20. The minimum atomic E-state index is -0.318. The van der Waals surface area contributed by atoms with Crippen LogP contribution in [0.2, 0.25) is 0 Å². The summed E-state index contributed by atoms with van der Waals surface area (Å²) in [6.45, 7) is 4.38. The highest BCUT2D eigenvalue weighted by molar-refractivity contribution is 7.15. The molecule has 1 N–H and O–H groups in total. The lowest BCUT2D eigenvalue weighted by atomic mass is 10.1. The SMILES string of the molecule is CC(C)N1C[C@H](C(=O)Nc2nnc(Cc3ccccc3)s2)CC1=O. The molecule has 1 aliphatic heterocycles. The van der Waals surface area contributed by atoms with E-state index >= 15 is 0 Å². The highest BCUT2D eigenvalue weighted by Crippen LogP contribution is 2.23. The van der Waals surface area contributed by atoms with Crippen LogP contribution in [0.3, 0.4) is 0 Å². The van der Waals surface area contributed by atoms with Gasteiger partial charge in [-0.2, -0.15) is 0 Å². The molecule has 0 aliphatic carbocycles. The summed E-state index contributed by atoms with van der Waals surface area (Å²) < 4.78 is 0. The summed E-state index contributed by atoms with van der Waals surface area (Å²) in [7, 11) is 0. The summed E-state index contributed by atoms with van der Waals surface area (Å²) in [6.07, 6.45) is 0.955. The molecule has 1 aliphatic rings. The molecule has 0 spiro atoms.